The maximum atomic E-state index is 4.69. The normalized spacial score (nSPS) is 20.1. The Morgan fingerprint density at radius 1 is 0.643 bits per heavy atom. The van der Waals surface area contributed by atoms with E-state index < -0.39 is 0 Å². The van der Waals surface area contributed by atoms with Crippen molar-refractivity contribution in [1.29, 1.82) is 0 Å². The number of hydrogen-bond acceptors (Lipinski definition) is 3. The number of benzene rings is 5. The van der Waals surface area contributed by atoms with Gasteiger partial charge in [0.15, 0.2) is 0 Å². The van der Waals surface area contributed by atoms with Crippen LogP contribution in [0.25, 0.3) is 77.4 Å². The number of hydrogen-bond donors (Lipinski definition) is 1. The van der Waals surface area contributed by atoms with Crippen molar-refractivity contribution in [3.8, 4) is 33.6 Å². The number of allylic oxidation sites excluding steroid dienone is 3. The van der Waals surface area contributed by atoms with Gasteiger partial charge < -0.3 is 14.5 Å². The molecule has 0 saturated heterocycles. The third kappa shape index (κ3) is 3.75. The van der Waals surface area contributed by atoms with Crippen molar-refractivity contribution in [3.05, 3.63) is 198 Å². The van der Waals surface area contributed by atoms with Crippen LogP contribution in [0.5, 0.6) is 0 Å². The molecule has 3 atom stereocenters. The van der Waals surface area contributed by atoms with Crippen molar-refractivity contribution in [2.45, 2.75) is 17.9 Å². The predicted octanol–water partition coefficient (Wildman–Crippen LogP) is 11.1. The van der Waals surface area contributed by atoms with Gasteiger partial charge in [0.2, 0.25) is 0 Å². The third-order valence-electron chi connectivity index (χ3n) is 13.0. The van der Waals surface area contributed by atoms with Crippen molar-refractivity contribution in [2.75, 3.05) is 0 Å². The molecule has 1 aliphatic heterocycles. The first-order valence-electron chi connectivity index (χ1n) is 19.5. The van der Waals surface area contributed by atoms with Gasteiger partial charge in [-0.15, -0.1) is 5.73 Å². The fraction of sp³-hybridized carbons (Fsp3) is 0.0784. The Kier molecular flexibility index (Phi) is 5.90. The van der Waals surface area contributed by atoms with Crippen molar-refractivity contribution >= 4 is 43.7 Å². The fourth-order valence-electron chi connectivity index (χ4n) is 10.8. The lowest BCUT2D eigenvalue weighted by atomic mass is 9.66. The number of para-hydroxylation sites is 1. The molecule has 1 fully saturated rings. The molecule has 1 spiro atoms. The summed E-state index contributed by atoms with van der Waals surface area (Å²) in [6, 6.07) is 47.3. The van der Waals surface area contributed by atoms with E-state index in [2.05, 4.69) is 170 Å². The summed E-state index contributed by atoms with van der Waals surface area (Å²) < 4.78 is 4.75. The average Bonchev–Trinajstić information content (AvgIpc) is 4.07. The van der Waals surface area contributed by atoms with Crippen LogP contribution in [0.3, 0.4) is 0 Å². The summed E-state index contributed by atoms with van der Waals surface area (Å²) in [6.07, 6.45) is 15.6. The van der Waals surface area contributed by atoms with Crippen LogP contribution in [-0.4, -0.2) is 25.1 Å². The monoisotopic (exact) mass is 715 g/mol. The summed E-state index contributed by atoms with van der Waals surface area (Å²) in [7, 11) is 0. The number of aromatic nitrogens is 4. The highest BCUT2D eigenvalue weighted by molar-refractivity contribution is 6.12. The maximum absolute atomic E-state index is 4.69. The lowest BCUT2D eigenvalue weighted by molar-refractivity contribution is 0.473. The molecule has 4 aliphatic rings. The molecule has 5 heteroatoms. The molecule has 13 rings (SSSR count). The number of nitrogens with zero attached hydrogens (tertiary/aromatic N) is 4. The zero-order valence-electron chi connectivity index (χ0n) is 30.3. The van der Waals surface area contributed by atoms with Gasteiger partial charge in [0.1, 0.15) is 0 Å². The van der Waals surface area contributed by atoms with E-state index in [1.165, 1.54) is 66.3 Å². The van der Waals surface area contributed by atoms with E-state index in [-0.39, 0.29) is 11.5 Å². The topological polar surface area (TPSA) is 47.7 Å². The van der Waals surface area contributed by atoms with Gasteiger partial charge in [0.25, 0.3) is 0 Å². The Balaban J connectivity index is 0.954. The predicted molar refractivity (Wildman–Crippen MR) is 226 cm³/mol. The van der Waals surface area contributed by atoms with Crippen LogP contribution in [0.4, 0.5) is 0 Å². The Morgan fingerprint density at radius 3 is 2.25 bits per heavy atom. The molecular weight excluding hydrogens is 683 g/mol. The Morgan fingerprint density at radius 2 is 1.39 bits per heavy atom. The van der Waals surface area contributed by atoms with Gasteiger partial charge in [-0.05, 0) is 106 Å². The van der Waals surface area contributed by atoms with Crippen LogP contribution >= 0.6 is 0 Å². The highest BCUT2D eigenvalue weighted by Gasteiger charge is 2.60. The molecule has 9 aromatic rings. The first kappa shape index (κ1) is 30.2. The molecular formula is C51H33N5. The first-order chi connectivity index (χ1) is 27.8. The molecule has 0 radical (unpaired) electrons. The fourth-order valence-corrected chi connectivity index (χ4v) is 10.8. The van der Waals surface area contributed by atoms with Gasteiger partial charge in [-0.3, -0.25) is 9.97 Å². The molecule has 3 unspecified atom stereocenters. The van der Waals surface area contributed by atoms with Gasteiger partial charge in [-0.25, -0.2) is 0 Å². The minimum atomic E-state index is -0.273. The molecule has 1 saturated carbocycles. The van der Waals surface area contributed by atoms with Crippen LogP contribution in [0.1, 0.15) is 17.5 Å². The number of fused-ring (bicyclic) bond motifs is 16. The quantitative estimate of drug-likeness (QED) is 0.185. The number of pyridine rings is 2. The average molecular weight is 716 g/mol. The van der Waals surface area contributed by atoms with Crippen LogP contribution in [0, 0.1) is 5.92 Å². The molecule has 4 aromatic heterocycles. The van der Waals surface area contributed by atoms with E-state index in [9.17, 15) is 0 Å². The van der Waals surface area contributed by atoms with Gasteiger partial charge in [0, 0.05) is 63.8 Å². The molecule has 56 heavy (non-hydrogen) atoms. The number of nitrogens with one attached hydrogen (secondary N) is 1. The zero-order valence-corrected chi connectivity index (χ0v) is 30.3. The maximum Gasteiger partial charge on any atom is 0.0978 e. The second-order valence-electron chi connectivity index (χ2n) is 15.5. The lowest BCUT2D eigenvalue weighted by Gasteiger charge is -2.35. The minimum Gasteiger partial charge on any atom is -0.374 e. The molecule has 1 N–H and O–H groups in total. The summed E-state index contributed by atoms with van der Waals surface area (Å²) in [5.41, 5.74) is 22.0. The summed E-state index contributed by atoms with van der Waals surface area (Å²) in [5, 5.41) is 7.29. The highest BCUT2D eigenvalue weighted by Crippen LogP contribution is 2.65. The highest BCUT2D eigenvalue weighted by atomic mass is 15.0. The summed E-state index contributed by atoms with van der Waals surface area (Å²) in [4.78, 5) is 9.07. The minimum absolute atomic E-state index is 0.184. The first-order valence-corrected chi connectivity index (χ1v) is 19.5. The third-order valence-corrected chi connectivity index (χ3v) is 13.0. The smallest absolute Gasteiger partial charge is 0.0978 e. The van der Waals surface area contributed by atoms with E-state index in [0.717, 1.165) is 39.7 Å². The van der Waals surface area contributed by atoms with Crippen molar-refractivity contribution < 1.29 is 0 Å². The van der Waals surface area contributed by atoms with Gasteiger partial charge in [0.05, 0.1) is 39.0 Å². The van der Waals surface area contributed by atoms with Crippen molar-refractivity contribution in [1.82, 2.24) is 24.4 Å². The Labute approximate surface area is 322 Å². The number of rotatable bonds is 3. The van der Waals surface area contributed by atoms with Gasteiger partial charge in [-0.2, -0.15) is 0 Å². The van der Waals surface area contributed by atoms with E-state index >= 15 is 0 Å². The Bertz CT molecular complexity index is 3240. The van der Waals surface area contributed by atoms with E-state index in [4.69, 9.17) is 0 Å². The zero-order chi connectivity index (χ0) is 36.5. The standard InChI is InChI=1S/C51H33N5/c1-4-11-41-35(8-1)38-28-39-36-9-3-6-13-45(36)56(48(39)29-44(38)51(41)42-12-5-2-10-37(42)49-43(51)23-27-54-49)34-21-17-32(18-22-34)31-15-19-33(20-16-31)55-46-24-26-52-30-40(46)50-47(55)14-7-25-53-50/h1-11,13-22,24-30,42,49,54H,12H2. The van der Waals surface area contributed by atoms with Crippen LogP contribution in [-0.2, 0) is 5.41 Å². The molecule has 5 nitrogen and oxygen atoms in total. The van der Waals surface area contributed by atoms with Gasteiger partial charge in [-0.1, -0.05) is 85.0 Å². The molecule has 262 valence electrons. The SMILES string of the molecule is C1=CNC2C=1C1(c3ccccc3-c3cc4c5ccccc5n(-c5ccc(-c6ccc(-n7c8ccncc8c8ncccc87)cc6)cc5)c4cc31)C1CC=CC=C21. The van der Waals surface area contributed by atoms with E-state index in [1.54, 1.807) is 0 Å². The Hall–Kier alpha value is -7.20. The van der Waals surface area contributed by atoms with Crippen molar-refractivity contribution in [2.24, 2.45) is 5.92 Å². The second kappa shape index (κ2) is 10.9. The summed E-state index contributed by atoms with van der Waals surface area (Å²) in [5.74, 6) is 0.341. The molecule has 5 aromatic carbocycles. The van der Waals surface area contributed by atoms with Gasteiger partial charge >= 0.3 is 0 Å². The molecule has 0 bridgehead atoms. The van der Waals surface area contributed by atoms with Crippen LogP contribution < -0.4 is 5.32 Å². The van der Waals surface area contributed by atoms with E-state index in [1.807, 2.05) is 30.9 Å². The van der Waals surface area contributed by atoms with Crippen molar-refractivity contribution in [3.63, 3.8) is 0 Å². The van der Waals surface area contributed by atoms with E-state index in [0.29, 0.717) is 5.92 Å². The van der Waals surface area contributed by atoms with Crippen LogP contribution in [0.15, 0.2) is 187 Å². The summed E-state index contributed by atoms with van der Waals surface area (Å²) in [6.45, 7) is 0. The molecule has 3 aliphatic carbocycles. The summed E-state index contributed by atoms with van der Waals surface area (Å²) >= 11 is 0. The molecule has 5 heterocycles. The largest absolute Gasteiger partial charge is 0.374 e. The molecule has 0 amide bonds. The lowest BCUT2D eigenvalue weighted by Crippen LogP contribution is -2.32. The second-order valence-corrected chi connectivity index (χ2v) is 15.5. The van der Waals surface area contributed by atoms with Crippen LogP contribution in [0.2, 0.25) is 0 Å².